The van der Waals surface area contributed by atoms with Crippen LogP contribution < -0.4 is 9.62 Å². The highest BCUT2D eigenvalue weighted by atomic mass is 32.2. The van der Waals surface area contributed by atoms with Gasteiger partial charge in [-0.25, -0.2) is 17.6 Å². The first-order valence-electron chi connectivity index (χ1n) is 8.46. The number of benzene rings is 2. The van der Waals surface area contributed by atoms with E-state index in [0.29, 0.717) is 11.3 Å². The fourth-order valence-corrected chi connectivity index (χ4v) is 3.72. The van der Waals surface area contributed by atoms with Gasteiger partial charge in [0.25, 0.3) is 0 Å². The molecule has 150 valence electrons. The largest absolute Gasteiger partial charge is 0.462 e. The molecule has 0 aromatic heterocycles. The van der Waals surface area contributed by atoms with Crippen LogP contribution in [0.3, 0.4) is 0 Å². The highest BCUT2D eigenvalue weighted by Crippen LogP contribution is 2.22. The normalized spacial score (nSPS) is 12.1. The third-order valence-electron chi connectivity index (χ3n) is 3.83. The number of anilines is 2. The van der Waals surface area contributed by atoms with Crippen molar-refractivity contribution in [3.63, 3.8) is 0 Å². The van der Waals surface area contributed by atoms with Crippen molar-refractivity contribution in [1.82, 2.24) is 0 Å². The van der Waals surface area contributed by atoms with Crippen molar-refractivity contribution in [1.29, 1.82) is 0 Å². The number of hydrogen-bond donors (Lipinski definition) is 1. The van der Waals surface area contributed by atoms with Crippen LogP contribution in [0.2, 0.25) is 0 Å². The number of rotatable bonds is 7. The van der Waals surface area contributed by atoms with Crippen LogP contribution in [0.5, 0.6) is 0 Å². The number of esters is 1. The maximum Gasteiger partial charge on any atom is 0.338 e. The number of carbonyl (C=O) groups excluding carboxylic acids is 2. The second kappa shape index (κ2) is 8.83. The summed E-state index contributed by atoms with van der Waals surface area (Å²) in [4.78, 5) is 24.2. The number of ether oxygens (including phenoxy) is 1. The molecule has 9 heteroatoms. The summed E-state index contributed by atoms with van der Waals surface area (Å²) in [6.07, 6.45) is 0.967. The molecule has 0 radical (unpaired) electrons. The Morgan fingerprint density at radius 2 is 1.68 bits per heavy atom. The van der Waals surface area contributed by atoms with Gasteiger partial charge in [0, 0.05) is 5.69 Å². The first-order chi connectivity index (χ1) is 13.1. The highest BCUT2D eigenvalue weighted by Gasteiger charge is 2.29. The Bertz CT molecular complexity index is 943. The summed E-state index contributed by atoms with van der Waals surface area (Å²) in [6.45, 7) is 3.37. The Labute approximate surface area is 163 Å². The smallest absolute Gasteiger partial charge is 0.338 e. The van der Waals surface area contributed by atoms with E-state index in [1.807, 2.05) is 0 Å². The summed E-state index contributed by atoms with van der Waals surface area (Å²) in [5, 5.41) is 2.60. The molecule has 7 nitrogen and oxygen atoms in total. The first-order valence-corrected chi connectivity index (χ1v) is 10.3. The van der Waals surface area contributed by atoms with Crippen molar-refractivity contribution < 1.29 is 27.1 Å². The van der Waals surface area contributed by atoms with Gasteiger partial charge >= 0.3 is 5.97 Å². The predicted molar refractivity (Wildman–Crippen MR) is 104 cm³/mol. The Balaban J connectivity index is 2.19. The van der Waals surface area contributed by atoms with Gasteiger partial charge in [0.05, 0.1) is 24.1 Å². The summed E-state index contributed by atoms with van der Waals surface area (Å²) < 4.78 is 43.3. The van der Waals surface area contributed by atoms with Crippen LogP contribution in [-0.2, 0) is 19.6 Å². The van der Waals surface area contributed by atoms with Gasteiger partial charge in [-0.05, 0) is 62.4 Å². The lowest BCUT2D eigenvalue weighted by Crippen LogP contribution is -2.45. The molecule has 2 rings (SSSR count). The topological polar surface area (TPSA) is 92.8 Å². The molecule has 1 amide bonds. The lowest BCUT2D eigenvalue weighted by atomic mass is 10.2. The fraction of sp³-hybridized carbons (Fsp3) is 0.263. The SMILES string of the molecule is CCOC(=O)c1ccc(NC(=O)[C@@H](C)N(c2ccc(F)cc2)S(C)(=O)=O)cc1. The first kappa shape index (κ1) is 21.4. The van der Waals surface area contributed by atoms with E-state index in [4.69, 9.17) is 4.74 Å². The van der Waals surface area contributed by atoms with Gasteiger partial charge in [-0.3, -0.25) is 9.10 Å². The molecule has 0 aliphatic heterocycles. The molecule has 1 atom stereocenters. The number of nitrogens with one attached hydrogen (secondary N) is 1. The number of hydrogen-bond acceptors (Lipinski definition) is 5. The quantitative estimate of drug-likeness (QED) is 0.711. The molecule has 0 bridgehead atoms. The summed E-state index contributed by atoms with van der Waals surface area (Å²) in [5.41, 5.74) is 0.888. The zero-order valence-corrected chi connectivity index (χ0v) is 16.5. The predicted octanol–water partition coefficient (Wildman–Crippen LogP) is 2.80. The lowest BCUT2D eigenvalue weighted by Gasteiger charge is -2.28. The van der Waals surface area contributed by atoms with Crippen LogP contribution in [0.4, 0.5) is 15.8 Å². The Morgan fingerprint density at radius 3 is 2.18 bits per heavy atom. The van der Waals surface area contributed by atoms with Gasteiger partial charge < -0.3 is 10.1 Å². The van der Waals surface area contributed by atoms with Gasteiger partial charge in [0.2, 0.25) is 15.9 Å². The fourth-order valence-electron chi connectivity index (χ4n) is 2.55. The maximum atomic E-state index is 13.2. The van der Waals surface area contributed by atoms with E-state index in [1.165, 1.54) is 43.3 Å². The molecule has 0 aliphatic rings. The van der Waals surface area contributed by atoms with Crippen LogP contribution in [0.25, 0.3) is 0 Å². The van der Waals surface area contributed by atoms with Crippen LogP contribution in [0, 0.1) is 5.82 Å². The molecular weight excluding hydrogens is 387 g/mol. The average molecular weight is 408 g/mol. The Hall–Kier alpha value is -2.94. The molecule has 0 saturated carbocycles. The van der Waals surface area contributed by atoms with Crippen molar-refractivity contribution in [2.24, 2.45) is 0 Å². The minimum absolute atomic E-state index is 0.171. The van der Waals surface area contributed by atoms with Crippen LogP contribution in [0.1, 0.15) is 24.2 Å². The molecule has 0 saturated heterocycles. The van der Waals surface area contributed by atoms with E-state index in [1.54, 1.807) is 6.92 Å². The van der Waals surface area contributed by atoms with E-state index in [9.17, 15) is 22.4 Å². The number of sulfonamides is 1. The van der Waals surface area contributed by atoms with E-state index in [2.05, 4.69) is 5.32 Å². The van der Waals surface area contributed by atoms with Crippen molar-refractivity contribution in [2.45, 2.75) is 19.9 Å². The summed E-state index contributed by atoms with van der Waals surface area (Å²) in [7, 11) is -3.80. The molecule has 0 spiro atoms. The van der Waals surface area contributed by atoms with Gasteiger partial charge in [0.15, 0.2) is 0 Å². The summed E-state index contributed by atoms with van der Waals surface area (Å²) in [6, 6.07) is 9.73. The molecule has 1 N–H and O–H groups in total. The lowest BCUT2D eigenvalue weighted by molar-refractivity contribution is -0.116. The van der Waals surface area contributed by atoms with Gasteiger partial charge in [-0.15, -0.1) is 0 Å². The monoisotopic (exact) mass is 408 g/mol. The molecular formula is C19H21FN2O5S. The molecule has 0 fully saturated rings. The zero-order chi connectivity index (χ0) is 20.9. The van der Waals surface area contributed by atoms with Crippen LogP contribution in [0.15, 0.2) is 48.5 Å². The number of halogens is 1. The Kier molecular flexibility index (Phi) is 6.74. The van der Waals surface area contributed by atoms with E-state index >= 15 is 0 Å². The number of amides is 1. The van der Waals surface area contributed by atoms with Crippen molar-refractivity contribution in [2.75, 3.05) is 22.5 Å². The third-order valence-corrected chi connectivity index (χ3v) is 5.07. The van der Waals surface area contributed by atoms with Crippen LogP contribution >= 0.6 is 0 Å². The standard InChI is InChI=1S/C19H21FN2O5S/c1-4-27-19(24)14-5-9-16(10-6-14)21-18(23)13(2)22(28(3,25)26)17-11-7-15(20)8-12-17/h5-13H,4H2,1-3H3,(H,21,23)/t13-/m1/s1. The molecule has 0 aliphatic carbocycles. The molecule has 2 aromatic rings. The van der Waals surface area contributed by atoms with Gasteiger partial charge in [0.1, 0.15) is 11.9 Å². The minimum Gasteiger partial charge on any atom is -0.462 e. The average Bonchev–Trinajstić information content (AvgIpc) is 2.63. The van der Waals surface area contributed by atoms with E-state index in [-0.39, 0.29) is 12.3 Å². The Morgan fingerprint density at radius 1 is 1.11 bits per heavy atom. The van der Waals surface area contributed by atoms with Crippen molar-refractivity contribution in [3.05, 3.63) is 59.9 Å². The maximum absolute atomic E-state index is 13.2. The highest BCUT2D eigenvalue weighted by molar-refractivity contribution is 7.92. The van der Waals surface area contributed by atoms with Crippen molar-refractivity contribution >= 4 is 33.3 Å². The minimum atomic E-state index is -3.80. The van der Waals surface area contributed by atoms with Gasteiger partial charge in [-0.1, -0.05) is 0 Å². The summed E-state index contributed by atoms with van der Waals surface area (Å²) in [5.74, 6) is -1.58. The number of carbonyl (C=O) groups is 2. The molecule has 0 heterocycles. The molecule has 0 unspecified atom stereocenters. The summed E-state index contributed by atoms with van der Waals surface area (Å²) >= 11 is 0. The third kappa shape index (κ3) is 5.29. The number of nitrogens with zero attached hydrogens (tertiary/aromatic N) is 1. The second-order valence-corrected chi connectivity index (χ2v) is 7.86. The van der Waals surface area contributed by atoms with Gasteiger partial charge in [-0.2, -0.15) is 0 Å². The molecule has 2 aromatic carbocycles. The van der Waals surface area contributed by atoms with Crippen LogP contribution in [-0.4, -0.2) is 39.2 Å². The van der Waals surface area contributed by atoms with Crippen molar-refractivity contribution in [3.8, 4) is 0 Å². The van der Waals surface area contributed by atoms with E-state index < -0.39 is 33.8 Å². The second-order valence-electron chi connectivity index (χ2n) is 6.00. The van der Waals surface area contributed by atoms with E-state index in [0.717, 1.165) is 22.7 Å². The molecule has 28 heavy (non-hydrogen) atoms. The zero-order valence-electron chi connectivity index (χ0n) is 15.7.